The second kappa shape index (κ2) is 3.34. The topological polar surface area (TPSA) is 47.0 Å². The van der Waals surface area contributed by atoms with Crippen LogP contribution in [-0.2, 0) is 9.05 Å². The van der Waals surface area contributed by atoms with Crippen molar-refractivity contribution < 1.29 is 8.42 Å². The quantitative estimate of drug-likeness (QED) is 0.747. The molecule has 0 radical (unpaired) electrons. The Morgan fingerprint density at radius 1 is 1.36 bits per heavy atom. The third-order valence-corrected chi connectivity index (χ3v) is 4.90. The molecule has 74 valence electrons. The van der Waals surface area contributed by atoms with Crippen LogP contribution < -0.4 is 0 Å². The number of halogens is 2. The van der Waals surface area contributed by atoms with Gasteiger partial charge in [-0.2, -0.15) is 0 Å². The van der Waals surface area contributed by atoms with E-state index in [1.54, 1.807) is 6.07 Å². The molecule has 0 aliphatic rings. The van der Waals surface area contributed by atoms with E-state index in [2.05, 4.69) is 4.98 Å². The highest BCUT2D eigenvalue weighted by Gasteiger charge is 2.14. The van der Waals surface area contributed by atoms with E-state index in [0.29, 0.717) is 15.2 Å². The summed E-state index contributed by atoms with van der Waals surface area (Å²) in [5, 5.41) is 1.15. The average molecular weight is 268 g/mol. The Balaban J connectivity index is 2.75. The highest BCUT2D eigenvalue weighted by Crippen LogP contribution is 2.30. The van der Waals surface area contributed by atoms with Crippen molar-refractivity contribution in [3.8, 4) is 0 Å². The van der Waals surface area contributed by atoms with Gasteiger partial charge in [0.05, 0.1) is 5.02 Å². The summed E-state index contributed by atoms with van der Waals surface area (Å²) >= 11 is 6.73. The number of fused-ring (bicyclic) bond motifs is 1. The van der Waals surface area contributed by atoms with Crippen molar-refractivity contribution in [1.82, 2.24) is 4.98 Å². The lowest BCUT2D eigenvalue weighted by Gasteiger charge is -1.87. The van der Waals surface area contributed by atoms with Crippen LogP contribution in [0.1, 0.15) is 0 Å². The molecule has 0 unspecified atom stereocenters. The Bertz CT molecular complexity index is 591. The van der Waals surface area contributed by atoms with E-state index < -0.39 is 9.05 Å². The predicted octanol–water partition coefficient (Wildman–Crippen LogP) is 2.88. The van der Waals surface area contributed by atoms with Crippen molar-refractivity contribution in [1.29, 1.82) is 0 Å². The third-order valence-electron chi connectivity index (χ3n) is 1.56. The molecule has 7 heteroatoms. The monoisotopic (exact) mass is 267 g/mol. The maximum absolute atomic E-state index is 11.0. The fourth-order valence-corrected chi connectivity index (χ4v) is 3.21. The van der Waals surface area contributed by atoms with Gasteiger partial charge in [0.25, 0.3) is 9.05 Å². The maximum Gasteiger partial charge on any atom is 0.270 e. The number of rotatable bonds is 1. The zero-order valence-corrected chi connectivity index (χ0v) is 9.71. The Morgan fingerprint density at radius 2 is 2.07 bits per heavy atom. The van der Waals surface area contributed by atoms with Crippen molar-refractivity contribution >= 4 is 52.9 Å². The average Bonchev–Trinajstić information content (AvgIpc) is 2.45. The first-order valence-corrected chi connectivity index (χ1v) is 6.97. The molecule has 2 heterocycles. The van der Waals surface area contributed by atoms with E-state index in [9.17, 15) is 8.42 Å². The highest BCUT2D eigenvalue weighted by atomic mass is 35.7. The fraction of sp³-hybridized carbons (Fsp3) is 0. The van der Waals surface area contributed by atoms with Crippen LogP contribution in [-0.4, -0.2) is 13.4 Å². The van der Waals surface area contributed by atoms with E-state index in [4.69, 9.17) is 22.3 Å². The van der Waals surface area contributed by atoms with E-state index in [0.717, 1.165) is 11.3 Å². The summed E-state index contributed by atoms with van der Waals surface area (Å²) in [5.74, 6) is 0. The van der Waals surface area contributed by atoms with E-state index >= 15 is 0 Å². The molecule has 0 bridgehead atoms. The zero-order valence-electron chi connectivity index (χ0n) is 6.57. The summed E-state index contributed by atoms with van der Waals surface area (Å²) in [7, 11) is 1.52. The van der Waals surface area contributed by atoms with Crippen molar-refractivity contribution in [3.05, 3.63) is 23.4 Å². The van der Waals surface area contributed by atoms with Gasteiger partial charge in [-0.3, -0.25) is 0 Å². The van der Waals surface area contributed by atoms with Crippen molar-refractivity contribution in [3.63, 3.8) is 0 Å². The maximum atomic E-state index is 11.0. The number of hydrogen-bond donors (Lipinski definition) is 0. The summed E-state index contributed by atoms with van der Waals surface area (Å²) in [6.45, 7) is 0. The Kier molecular flexibility index (Phi) is 2.43. The van der Waals surface area contributed by atoms with Gasteiger partial charge in [0, 0.05) is 22.3 Å². The summed E-state index contributed by atoms with van der Waals surface area (Å²) in [5.41, 5.74) is 0. The Labute approximate surface area is 93.7 Å². The van der Waals surface area contributed by atoms with Gasteiger partial charge in [-0.15, -0.1) is 11.3 Å². The molecular weight excluding hydrogens is 265 g/mol. The third kappa shape index (κ3) is 1.86. The Hall–Kier alpha value is -0.360. The number of nitrogens with zero attached hydrogens (tertiary/aromatic N) is 1. The molecule has 14 heavy (non-hydrogen) atoms. The SMILES string of the molecule is O=S(=O)(Cl)c1cc2cc(Cl)cnc2s1. The van der Waals surface area contributed by atoms with Gasteiger partial charge in [0.2, 0.25) is 0 Å². The van der Waals surface area contributed by atoms with Crippen LogP contribution in [0.15, 0.2) is 22.5 Å². The van der Waals surface area contributed by atoms with Gasteiger partial charge in [-0.05, 0) is 12.1 Å². The van der Waals surface area contributed by atoms with Crippen LogP contribution in [0.4, 0.5) is 0 Å². The largest absolute Gasteiger partial charge is 0.270 e. The van der Waals surface area contributed by atoms with E-state index in [1.165, 1.54) is 12.3 Å². The van der Waals surface area contributed by atoms with E-state index in [1.807, 2.05) is 0 Å². The van der Waals surface area contributed by atoms with Crippen LogP contribution in [0.5, 0.6) is 0 Å². The van der Waals surface area contributed by atoms with Gasteiger partial charge in [-0.25, -0.2) is 13.4 Å². The smallest absolute Gasteiger partial charge is 0.244 e. The molecule has 0 aliphatic heterocycles. The zero-order chi connectivity index (χ0) is 10.3. The normalized spacial score (nSPS) is 12.1. The number of hydrogen-bond acceptors (Lipinski definition) is 4. The fourth-order valence-electron chi connectivity index (χ4n) is 1.00. The van der Waals surface area contributed by atoms with Gasteiger partial charge < -0.3 is 0 Å². The van der Waals surface area contributed by atoms with Crippen LogP contribution in [0.25, 0.3) is 10.2 Å². The van der Waals surface area contributed by atoms with Crippen molar-refractivity contribution in [2.75, 3.05) is 0 Å². The molecule has 0 aliphatic carbocycles. The second-order valence-electron chi connectivity index (χ2n) is 2.55. The van der Waals surface area contributed by atoms with Crippen LogP contribution in [0.3, 0.4) is 0 Å². The predicted molar refractivity (Wildman–Crippen MR) is 57.7 cm³/mol. The minimum atomic E-state index is -3.67. The summed E-state index contributed by atoms with van der Waals surface area (Å²) in [6, 6.07) is 3.10. The molecular formula is C7H3Cl2NO2S2. The first kappa shape index (κ1) is 10.2. The summed E-state index contributed by atoms with van der Waals surface area (Å²) in [4.78, 5) is 4.58. The number of aromatic nitrogens is 1. The van der Waals surface area contributed by atoms with Gasteiger partial charge >= 0.3 is 0 Å². The summed E-state index contributed by atoms with van der Waals surface area (Å²) < 4.78 is 22.1. The highest BCUT2D eigenvalue weighted by molar-refractivity contribution is 8.15. The molecule has 0 N–H and O–H groups in total. The molecule has 0 saturated carbocycles. The van der Waals surface area contributed by atoms with E-state index in [-0.39, 0.29) is 4.21 Å². The second-order valence-corrected chi connectivity index (χ2v) is 6.81. The number of pyridine rings is 1. The molecule has 0 aromatic carbocycles. The molecule has 0 saturated heterocycles. The van der Waals surface area contributed by atoms with Gasteiger partial charge in [0.1, 0.15) is 9.04 Å². The lowest BCUT2D eigenvalue weighted by Crippen LogP contribution is -1.83. The molecule has 0 fully saturated rings. The minimum absolute atomic E-state index is 0.0870. The standard InChI is InChI=1S/C7H3Cl2NO2S2/c8-5-1-4-2-6(14(9,11)12)13-7(4)10-3-5/h1-3H. The molecule has 2 aromatic heterocycles. The molecule has 0 spiro atoms. The molecule has 3 nitrogen and oxygen atoms in total. The molecule has 0 amide bonds. The molecule has 2 rings (SSSR count). The number of thiophene rings is 1. The minimum Gasteiger partial charge on any atom is -0.244 e. The van der Waals surface area contributed by atoms with Gasteiger partial charge in [0.15, 0.2) is 0 Å². The van der Waals surface area contributed by atoms with Crippen LogP contribution in [0.2, 0.25) is 5.02 Å². The lowest BCUT2D eigenvalue weighted by molar-refractivity contribution is 0.611. The molecule has 0 atom stereocenters. The van der Waals surface area contributed by atoms with Crippen LogP contribution >= 0.6 is 33.6 Å². The van der Waals surface area contributed by atoms with Crippen molar-refractivity contribution in [2.45, 2.75) is 4.21 Å². The lowest BCUT2D eigenvalue weighted by atomic mass is 10.3. The van der Waals surface area contributed by atoms with Gasteiger partial charge in [-0.1, -0.05) is 11.6 Å². The van der Waals surface area contributed by atoms with Crippen molar-refractivity contribution in [2.24, 2.45) is 0 Å². The summed E-state index contributed by atoms with van der Waals surface area (Å²) in [6.07, 6.45) is 1.46. The first-order valence-electron chi connectivity index (χ1n) is 3.46. The Morgan fingerprint density at radius 3 is 2.71 bits per heavy atom. The van der Waals surface area contributed by atoms with Crippen LogP contribution in [0, 0.1) is 0 Å². The molecule has 2 aromatic rings. The first-order chi connectivity index (χ1) is 6.47.